The van der Waals surface area contributed by atoms with E-state index in [1.807, 2.05) is 0 Å². The molecule has 0 atom stereocenters. The van der Waals surface area contributed by atoms with Gasteiger partial charge in [0.2, 0.25) is 0 Å². The number of aliphatic hydroxyl groups is 1. The normalized spacial score (nSPS) is 10.0. The second-order valence-corrected chi connectivity index (χ2v) is 2.71. The molecule has 82 valence electrons. The van der Waals surface area contributed by atoms with Crippen molar-refractivity contribution in [2.75, 3.05) is 18.9 Å². The van der Waals surface area contributed by atoms with E-state index in [2.05, 4.69) is 0 Å². The molecule has 0 saturated carbocycles. The lowest BCUT2D eigenvalue weighted by molar-refractivity contribution is 0.0691. The molecule has 0 aliphatic heterocycles. The van der Waals surface area contributed by atoms with Gasteiger partial charge in [0.15, 0.2) is 0 Å². The van der Waals surface area contributed by atoms with Crippen molar-refractivity contribution in [2.45, 2.75) is 0 Å². The number of anilines is 1. The van der Waals surface area contributed by atoms with Crippen LogP contribution in [-0.4, -0.2) is 29.4 Å². The number of hydrogen-bond acceptors (Lipinski definition) is 4. The van der Waals surface area contributed by atoms with Crippen LogP contribution in [0.3, 0.4) is 0 Å². The van der Waals surface area contributed by atoms with Gasteiger partial charge in [-0.3, -0.25) is 0 Å². The summed E-state index contributed by atoms with van der Waals surface area (Å²) in [5, 5.41) is 17.3. The minimum Gasteiger partial charge on any atom is -0.490 e. The Balaban J connectivity index is 3.15. The Morgan fingerprint density at radius 1 is 1.53 bits per heavy atom. The highest BCUT2D eigenvalue weighted by Crippen LogP contribution is 2.26. The third kappa shape index (κ3) is 2.35. The number of hydrogen-bond donors (Lipinski definition) is 3. The van der Waals surface area contributed by atoms with Gasteiger partial charge in [0.05, 0.1) is 12.3 Å². The summed E-state index contributed by atoms with van der Waals surface area (Å²) < 4.78 is 17.9. The molecule has 0 saturated heterocycles. The van der Waals surface area contributed by atoms with E-state index in [9.17, 15) is 9.18 Å². The van der Waals surface area contributed by atoms with Crippen molar-refractivity contribution in [3.63, 3.8) is 0 Å². The summed E-state index contributed by atoms with van der Waals surface area (Å²) in [6, 6.07) is 2.17. The van der Waals surface area contributed by atoms with E-state index in [1.165, 1.54) is 0 Å². The van der Waals surface area contributed by atoms with Crippen molar-refractivity contribution >= 4 is 11.7 Å². The zero-order valence-corrected chi connectivity index (χ0v) is 7.74. The highest BCUT2D eigenvalue weighted by Gasteiger charge is 2.18. The molecule has 0 radical (unpaired) electrons. The quantitative estimate of drug-likeness (QED) is 0.635. The Hall–Kier alpha value is -1.82. The average Bonchev–Trinajstić information content (AvgIpc) is 2.19. The van der Waals surface area contributed by atoms with E-state index in [-0.39, 0.29) is 19.0 Å². The van der Waals surface area contributed by atoms with Crippen LogP contribution in [-0.2, 0) is 0 Å². The minimum absolute atomic E-state index is 0.0598. The van der Waals surface area contributed by atoms with Gasteiger partial charge in [-0.15, -0.1) is 0 Å². The number of halogens is 1. The highest BCUT2D eigenvalue weighted by atomic mass is 19.1. The first-order chi connectivity index (χ1) is 7.07. The predicted molar refractivity (Wildman–Crippen MR) is 50.4 cm³/mol. The molecular formula is C9H10FNO4. The van der Waals surface area contributed by atoms with E-state index in [4.69, 9.17) is 20.7 Å². The summed E-state index contributed by atoms with van der Waals surface area (Å²) in [6.07, 6.45) is 0. The summed E-state index contributed by atoms with van der Waals surface area (Å²) in [5.41, 5.74) is 4.36. The van der Waals surface area contributed by atoms with Crippen LogP contribution in [0.5, 0.6) is 5.75 Å². The molecule has 15 heavy (non-hydrogen) atoms. The Morgan fingerprint density at radius 3 is 2.73 bits per heavy atom. The van der Waals surface area contributed by atoms with Gasteiger partial charge in [-0.2, -0.15) is 0 Å². The van der Waals surface area contributed by atoms with Crippen molar-refractivity contribution in [1.82, 2.24) is 0 Å². The fourth-order valence-electron chi connectivity index (χ4n) is 1.07. The Labute approximate surface area is 84.9 Å². The number of nitrogens with two attached hydrogens (primary N) is 1. The van der Waals surface area contributed by atoms with Gasteiger partial charge in [0.25, 0.3) is 0 Å². The number of ether oxygens (including phenoxy) is 1. The number of carboxylic acid groups (broad SMARTS) is 1. The second-order valence-electron chi connectivity index (χ2n) is 2.71. The van der Waals surface area contributed by atoms with E-state index in [1.54, 1.807) is 0 Å². The van der Waals surface area contributed by atoms with Gasteiger partial charge < -0.3 is 20.7 Å². The molecule has 1 aromatic carbocycles. The standard InChI is InChI=1S/C9H10FNO4/c10-5-1-2-6(15-4-3-12)7(8(5)11)9(13)14/h1-2,12H,3-4,11H2,(H,13,14). The first-order valence-corrected chi connectivity index (χ1v) is 4.13. The molecule has 0 fully saturated rings. The molecule has 1 aromatic rings. The molecule has 0 aromatic heterocycles. The van der Waals surface area contributed by atoms with Gasteiger partial charge in [0.1, 0.15) is 23.7 Å². The summed E-state index contributed by atoms with van der Waals surface area (Å²) in [6.45, 7) is -0.346. The molecule has 0 spiro atoms. The summed E-state index contributed by atoms with van der Waals surface area (Å²) in [4.78, 5) is 10.8. The third-order valence-electron chi connectivity index (χ3n) is 1.72. The SMILES string of the molecule is Nc1c(F)ccc(OCCO)c1C(=O)O. The zero-order chi connectivity index (χ0) is 11.4. The number of rotatable bonds is 4. The first-order valence-electron chi connectivity index (χ1n) is 4.13. The van der Waals surface area contributed by atoms with Crippen LogP contribution >= 0.6 is 0 Å². The number of aliphatic hydroxyl groups excluding tert-OH is 1. The fourth-order valence-corrected chi connectivity index (χ4v) is 1.07. The average molecular weight is 215 g/mol. The van der Waals surface area contributed by atoms with Crippen molar-refractivity contribution in [2.24, 2.45) is 0 Å². The largest absolute Gasteiger partial charge is 0.490 e. The molecule has 0 bridgehead atoms. The summed E-state index contributed by atoms with van der Waals surface area (Å²) >= 11 is 0. The van der Waals surface area contributed by atoms with Crippen LogP contribution in [0.1, 0.15) is 10.4 Å². The molecular weight excluding hydrogens is 205 g/mol. The molecule has 0 heterocycles. The lowest BCUT2D eigenvalue weighted by Gasteiger charge is -2.10. The third-order valence-corrected chi connectivity index (χ3v) is 1.72. The summed E-state index contributed by atoms with van der Waals surface area (Å²) in [7, 11) is 0. The topological polar surface area (TPSA) is 92.8 Å². The molecule has 4 N–H and O–H groups in total. The van der Waals surface area contributed by atoms with E-state index in [0.717, 1.165) is 12.1 Å². The van der Waals surface area contributed by atoms with Gasteiger partial charge in [-0.05, 0) is 12.1 Å². The Bertz CT molecular complexity index is 381. The summed E-state index contributed by atoms with van der Waals surface area (Å²) in [5.74, 6) is -2.25. The lowest BCUT2D eigenvalue weighted by Crippen LogP contribution is -2.10. The second kappa shape index (κ2) is 4.61. The molecule has 0 aliphatic carbocycles. The van der Waals surface area contributed by atoms with Crippen LogP contribution in [0.2, 0.25) is 0 Å². The Kier molecular flexibility index (Phi) is 3.46. The minimum atomic E-state index is -1.38. The number of carbonyl (C=O) groups is 1. The van der Waals surface area contributed by atoms with Crippen molar-refractivity contribution < 1.29 is 24.1 Å². The molecule has 0 aliphatic rings. The van der Waals surface area contributed by atoms with Crippen molar-refractivity contribution in [3.05, 3.63) is 23.5 Å². The lowest BCUT2D eigenvalue weighted by atomic mass is 10.1. The smallest absolute Gasteiger partial charge is 0.341 e. The predicted octanol–water partition coefficient (Wildman–Crippen LogP) is 0.477. The van der Waals surface area contributed by atoms with Gasteiger partial charge in [0, 0.05) is 0 Å². The fraction of sp³-hybridized carbons (Fsp3) is 0.222. The van der Waals surface area contributed by atoms with Gasteiger partial charge in [-0.1, -0.05) is 0 Å². The van der Waals surface area contributed by atoms with Crippen LogP contribution in [0.25, 0.3) is 0 Å². The molecule has 6 heteroatoms. The number of carboxylic acids is 1. The van der Waals surface area contributed by atoms with Crippen LogP contribution in [0.15, 0.2) is 12.1 Å². The first kappa shape index (κ1) is 11.3. The van der Waals surface area contributed by atoms with Crippen molar-refractivity contribution in [3.8, 4) is 5.75 Å². The molecule has 0 amide bonds. The monoisotopic (exact) mass is 215 g/mol. The maximum atomic E-state index is 12.9. The van der Waals surface area contributed by atoms with E-state index < -0.39 is 23.0 Å². The van der Waals surface area contributed by atoms with E-state index >= 15 is 0 Å². The molecule has 5 nitrogen and oxygen atoms in total. The van der Waals surface area contributed by atoms with Crippen LogP contribution in [0, 0.1) is 5.82 Å². The Morgan fingerprint density at radius 2 is 2.20 bits per heavy atom. The molecule has 0 unspecified atom stereocenters. The van der Waals surface area contributed by atoms with Gasteiger partial charge >= 0.3 is 5.97 Å². The molecule has 1 rings (SSSR count). The number of aromatic carboxylic acids is 1. The van der Waals surface area contributed by atoms with Gasteiger partial charge in [-0.25, -0.2) is 9.18 Å². The van der Waals surface area contributed by atoms with Crippen molar-refractivity contribution in [1.29, 1.82) is 0 Å². The zero-order valence-electron chi connectivity index (χ0n) is 7.74. The highest BCUT2D eigenvalue weighted by molar-refractivity contribution is 5.96. The number of nitrogen functional groups attached to an aromatic ring is 1. The van der Waals surface area contributed by atoms with Crippen LogP contribution < -0.4 is 10.5 Å². The maximum Gasteiger partial charge on any atom is 0.341 e. The maximum absolute atomic E-state index is 12.9. The van der Waals surface area contributed by atoms with Crippen LogP contribution in [0.4, 0.5) is 10.1 Å². The van der Waals surface area contributed by atoms with E-state index in [0.29, 0.717) is 0 Å². The number of benzene rings is 1.